The minimum Gasteiger partial charge on any atom is -0.454 e. The van der Waals surface area contributed by atoms with E-state index in [9.17, 15) is 9.59 Å². The predicted octanol–water partition coefficient (Wildman–Crippen LogP) is 2.78. The number of carbonyl (C=O) groups is 2. The van der Waals surface area contributed by atoms with Gasteiger partial charge in [0.2, 0.25) is 6.79 Å². The Labute approximate surface area is 169 Å². The molecule has 0 bridgehead atoms. The second kappa shape index (κ2) is 7.06. The van der Waals surface area contributed by atoms with Crippen LogP contribution in [0.4, 0.5) is 0 Å². The van der Waals surface area contributed by atoms with Crippen LogP contribution in [0.1, 0.15) is 54.4 Å². The molecule has 3 heterocycles. The highest BCUT2D eigenvalue weighted by molar-refractivity contribution is 5.94. The van der Waals surface area contributed by atoms with Gasteiger partial charge in [-0.2, -0.15) is 0 Å². The number of ether oxygens (including phenoxy) is 4. The topological polar surface area (TPSA) is 74.3 Å². The first-order chi connectivity index (χ1) is 14.1. The predicted molar refractivity (Wildman–Crippen MR) is 103 cm³/mol. The first-order valence-corrected chi connectivity index (χ1v) is 10.3. The van der Waals surface area contributed by atoms with E-state index in [2.05, 4.69) is 11.9 Å². The van der Waals surface area contributed by atoms with Crippen LogP contribution in [0, 0.1) is 0 Å². The van der Waals surface area contributed by atoms with Crippen LogP contribution in [0.5, 0.6) is 11.5 Å². The smallest absolute Gasteiger partial charge is 0.339 e. The molecule has 1 aliphatic carbocycles. The summed E-state index contributed by atoms with van der Waals surface area (Å²) in [7, 11) is 2.08. The summed E-state index contributed by atoms with van der Waals surface area (Å²) in [6, 6.07) is 3.73. The highest BCUT2D eigenvalue weighted by Crippen LogP contribution is 2.49. The number of carbonyl (C=O) groups excluding carboxylic acids is 2. The zero-order valence-corrected chi connectivity index (χ0v) is 16.7. The Hall–Kier alpha value is -2.54. The fourth-order valence-corrected chi connectivity index (χ4v) is 4.97. The maximum Gasteiger partial charge on any atom is 0.339 e. The van der Waals surface area contributed by atoms with Gasteiger partial charge in [-0.05, 0) is 43.7 Å². The van der Waals surface area contributed by atoms with Gasteiger partial charge in [0.05, 0.1) is 5.56 Å². The Morgan fingerprint density at radius 2 is 2.07 bits per heavy atom. The van der Waals surface area contributed by atoms with Gasteiger partial charge in [-0.15, -0.1) is 0 Å². The molecule has 0 aromatic heterocycles. The first-order valence-electron chi connectivity index (χ1n) is 10.3. The fourth-order valence-electron chi connectivity index (χ4n) is 4.97. The molecule has 0 radical (unpaired) electrons. The van der Waals surface area contributed by atoms with Crippen molar-refractivity contribution in [2.45, 2.75) is 56.8 Å². The summed E-state index contributed by atoms with van der Waals surface area (Å²) in [4.78, 5) is 27.5. The Balaban J connectivity index is 1.55. The zero-order chi connectivity index (χ0) is 20.1. The molecule has 0 amide bonds. The van der Waals surface area contributed by atoms with Crippen LogP contribution in [0.15, 0.2) is 23.8 Å². The average Bonchev–Trinajstić information content (AvgIpc) is 3.31. The average molecular weight is 399 g/mol. The number of likely N-dealkylation sites (tertiary alicyclic amines) is 1. The summed E-state index contributed by atoms with van der Waals surface area (Å²) in [5, 5.41) is 0. The molecule has 0 unspecified atom stereocenters. The molecule has 5 rings (SSSR count). The number of hydrogen-bond donors (Lipinski definition) is 0. The molecule has 4 atom stereocenters. The van der Waals surface area contributed by atoms with Crippen LogP contribution >= 0.6 is 0 Å². The van der Waals surface area contributed by atoms with Crippen molar-refractivity contribution < 1.29 is 28.5 Å². The molecule has 3 aliphatic heterocycles. The lowest BCUT2D eigenvalue weighted by atomic mass is 9.73. The molecule has 1 saturated heterocycles. The van der Waals surface area contributed by atoms with Crippen LogP contribution in [0.3, 0.4) is 0 Å². The maximum atomic E-state index is 12.8. The molecule has 154 valence electrons. The van der Waals surface area contributed by atoms with Crippen molar-refractivity contribution in [2.75, 3.05) is 20.4 Å². The normalized spacial score (nSPS) is 29.4. The molecule has 29 heavy (non-hydrogen) atoms. The zero-order valence-electron chi connectivity index (χ0n) is 16.7. The maximum absolute atomic E-state index is 12.8. The van der Waals surface area contributed by atoms with Crippen molar-refractivity contribution in [3.8, 4) is 11.5 Å². The lowest BCUT2D eigenvalue weighted by molar-refractivity contribution is -0.154. The van der Waals surface area contributed by atoms with E-state index in [0.717, 1.165) is 31.4 Å². The third-order valence-electron chi connectivity index (χ3n) is 6.37. The van der Waals surface area contributed by atoms with Gasteiger partial charge in [0.15, 0.2) is 23.7 Å². The molecule has 0 spiro atoms. The van der Waals surface area contributed by atoms with Gasteiger partial charge in [0.25, 0.3) is 0 Å². The third-order valence-corrected chi connectivity index (χ3v) is 6.37. The summed E-state index contributed by atoms with van der Waals surface area (Å²) in [6.07, 6.45) is 3.90. The lowest BCUT2D eigenvalue weighted by Gasteiger charge is -2.44. The Kier molecular flexibility index (Phi) is 4.50. The quantitative estimate of drug-likeness (QED) is 0.569. The summed E-state index contributed by atoms with van der Waals surface area (Å²) < 4.78 is 22.7. The molecular formula is C22H25NO6. The van der Waals surface area contributed by atoms with Crippen molar-refractivity contribution in [3.63, 3.8) is 0 Å². The monoisotopic (exact) mass is 399 g/mol. The van der Waals surface area contributed by atoms with E-state index in [1.54, 1.807) is 6.07 Å². The second-order valence-electron chi connectivity index (χ2n) is 8.16. The summed E-state index contributed by atoms with van der Waals surface area (Å²) in [5.74, 6) is 0.434. The number of rotatable bonds is 4. The van der Waals surface area contributed by atoms with Gasteiger partial charge >= 0.3 is 11.9 Å². The number of unbranched alkanes of at least 4 members (excludes halogenated alkanes) is 1. The van der Waals surface area contributed by atoms with E-state index < -0.39 is 18.2 Å². The minimum atomic E-state index is -0.565. The standard InChI is InChI=1S/C22H25NO6/c1-3-4-5-18(24)28-17-8-12-6-7-23(2)20(12)19-13-9-15-16(27-11-26-15)10-14(13)22(25)29-21(17)19/h8-10,17,19-21H,3-7,11H2,1-2H3/t17-,19-,20+,21+/m0/s1. The first kappa shape index (κ1) is 18.5. The van der Waals surface area contributed by atoms with E-state index >= 15 is 0 Å². The summed E-state index contributed by atoms with van der Waals surface area (Å²) in [5.41, 5.74) is 2.63. The summed E-state index contributed by atoms with van der Waals surface area (Å²) >= 11 is 0. The van der Waals surface area contributed by atoms with Crippen LogP contribution in [0.2, 0.25) is 0 Å². The van der Waals surface area contributed by atoms with Crippen LogP contribution in [-0.4, -0.2) is 55.5 Å². The van der Waals surface area contributed by atoms with E-state index in [1.165, 1.54) is 5.57 Å². The van der Waals surface area contributed by atoms with Crippen molar-refractivity contribution in [1.29, 1.82) is 0 Å². The fraction of sp³-hybridized carbons (Fsp3) is 0.545. The molecule has 1 aromatic carbocycles. The van der Waals surface area contributed by atoms with Gasteiger partial charge in [-0.25, -0.2) is 4.79 Å². The second-order valence-corrected chi connectivity index (χ2v) is 8.16. The lowest BCUT2D eigenvalue weighted by Crippen LogP contribution is -2.52. The molecule has 7 heteroatoms. The molecule has 0 N–H and O–H groups in total. The van der Waals surface area contributed by atoms with Crippen molar-refractivity contribution >= 4 is 11.9 Å². The number of esters is 2. The highest BCUT2D eigenvalue weighted by Gasteiger charge is 2.52. The van der Waals surface area contributed by atoms with Gasteiger partial charge in [-0.1, -0.05) is 18.9 Å². The number of fused-ring (bicyclic) bond motifs is 6. The minimum absolute atomic E-state index is 0.109. The number of likely N-dealkylation sites (N-methyl/N-ethyl adjacent to an activating group) is 1. The molecule has 1 fully saturated rings. The number of benzene rings is 1. The molecule has 4 aliphatic rings. The molecular weight excluding hydrogens is 374 g/mol. The molecule has 0 saturated carbocycles. The van der Waals surface area contributed by atoms with E-state index in [0.29, 0.717) is 23.5 Å². The van der Waals surface area contributed by atoms with Crippen molar-refractivity contribution in [1.82, 2.24) is 4.90 Å². The van der Waals surface area contributed by atoms with E-state index in [4.69, 9.17) is 18.9 Å². The van der Waals surface area contributed by atoms with E-state index in [-0.39, 0.29) is 24.7 Å². The SMILES string of the molecule is CCCCC(=O)O[C@H]1C=C2CCN(C)[C@H]2[C@@H]2c3cc4c(cc3C(=O)O[C@@H]21)OCO4. The van der Waals surface area contributed by atoms with Crippen LogP contribution < -0.4 is 9.47 Å². The summed E-state index contributed by atoms with van der Waals surface area (Å²) in [6.45, 7) is 3.10. The molecule has 1 aromatic rings. The van der Waals surface area contributed by atoms with Crippen LogP contribution in [0.25, 0.3) is 0 Å². The van der Waals surface area contributed by atoms with Crippen molar-refractivity contribution in [2.24, 2.45) is 0 Å². The van der Waals surface area contributed by atoms with Crippen LogP contribution in [-0.2, 0) is 14.3 Å². The van der Waals surface area contributed by atoms with E-state index in [1.807, 2.05) is 19.1 Å². The van der Waals surface area contributed by atoms with Gasteiger partial charge in [0.1, 0.15) is 0 Å². The Bertz CT molecular complexity index is 894. The van der Waals surface area contributed by atoms with Gasteiger partial charge in [0, 0.05) is 24.9 Å². The van der Waals surface area contributed by atoms with Gasteiger partial charge in [-0.3, -0.25) is 9.69 Å². The molecule has 7 nitrogen and oxygen atoms in total. The third kappa shape index (κ3) is 2.99. The Morgan fingerprint density at radius 1 is 1.28 bits per heavy atom. The van der Waals surface area contributed by atoms with Gasteiger partial charge < -0.3 is 18.9 Å². The highest BCUT2D eigenvalue weighted by atomic mass is 16.7. The number of nitrogens with zero attached hydrogens (tertiary/aromatic N) is 1. The Morgan fingerprint density at radius 3 is 2.86 bits per heavy atom. The van der Waals surface area contributed by atoms with Crippen molar-refractivity contribution in [3.05, 3.63) is 34.9 Å². The largest absolute Gasteiger partial charge is 0.454 e. The number of hydrogen-bond acceptors (Lipinski definition) is 7.